The van der Waals surface area contributed by atoms with Gasteiger partial charge in [-0.15, -0.1) is 0 Å². The molecule has 1 heterocycles. The van der Waals surface area contributed by atoms with E-state index in [4.69, 9.17) is 9.47 Å². The molecule has 0 spiro atoms. The summed E-state index contributed by atoms with van der Waals surface area (Å²) >= 11 is 0. The third-order valence-electron chi connectivity index (χ3n) is 2.45. The SMILES string of the molecule is CC1(C)COC(c2cc(O)cc(O)c2)OC1. The Morgan fingerprint density at radius 3 is 2.06 bits per heavy atom. The molecule has 2 rings (SSSR count). The molecule has 0 aliphatic carbocycles. The van der Waals surface area contributed by atoms with Gasteiger partial charge in [-0.3, -0.25) is 0 Å². The van der Waals surface area contributed by atoms with Crippen molar-refractivity contribution >= 4 is 0 Å². The van der Waals surface area contributed by atoms with E-state index >= 15 is 0 Å². The van der Waals surface area contributed by atoms with Gasteiger partial charge >= 0.3 is 0 Å². The van der Waals surface area contributed by atoms with Gasteiger partial charge in [0.2, 0.25) is 0 Å². The minimum atomic E-state index is -0.508. The van der Waals surface area contributed by atoms with Gasteiger partial charge < -0.3 is 19.7 Å². The Morgan fingerprint density at radius 2 is 1.56 bits per heavy atom. The molecule has 1 fully saturated rings. The molecule has 0 aromatic heterocycles. The summed E-state index contributed by atoms with van der Waals surface area (Å²) in [5.41, 5.74) is 0.642. The molecule has 0 saturated carbocycles. The standard InChI is InChI=1S/C12H16O4/c1-12(2)6-15-11(16-7-12)8-3-9(13)5-10(14)4-8/h3-5,11,13-14H,6-7H2,1-2H3. The number of rotatable bonds is 1. The Hall–Kier alpha value is -1.26. The minimum Gasteiger partial charge on any atom is -0.508 e. The maximum Gasteiger partial charge on any atom is 0.184 e. The number of benzene rings is 1. The Kier molecular flexibility index (Phi) is 2.78. The van der Waals surface area contributed by atoms with Gasteiger partial charge in [0.05, 0.1) is 13.2 Å². The van der Waals surface area contributed by atoms with Gasteiger partial charge in [-0.25, -0.2) is 0 Å². The van der Waals surface area contributed by atoms with Crippen molar-refractivity contribution in [1.29, 1.82) is 0 Å². The molecular weight excluding hydrogens is 208 g/mol. The van der Waals surface area contributed by atoms with E-state index in [0.29, 0.717) is 18.8 Å². The van der Waals surface area contributed by atoms with Crippen molar-refractivity contribution < 1.29 is 19.7 Å². The predicted octanol–water partition coefficient (Wildman–Crippen LogP) is 2.17. The highest BCUT2D eigenvalue weighted by molar-refractivity contribution is 5.37. The number of phenols is 2. The first-order chi connectivity index (χ1) is 7.46. The van der Waals surface area contributed by atoms with E-state index < -0.39 is 6.29 Å². The van der Waals surface area contributed by atoms with Gasteiger partial charge in [-0.1, -0.05) is 13.8 Å². The van der Waals surface area contributed by atoms with Crippen molar-refractivity contribution in [2.45, 2.75) is 20.1 Å². The van der Waals surface area contributed by atoms with E-state index in [1.165, 1.54) is 18.2 Å². The van der Waals surface area contributed by atoms with E-state index in [2.05, 4.69) is 13.8 Å². The van der Waals surface area contributed by atoms with Crippen LogP contribution in [0.3, 0.4) is 0 Å². The normalized spacial score (nSPS) is 20.9. The Balaban J connectivity index is 2.14. The molecule has 0 bridgehead atoms. The van der Waals surface area contributed by atoms with Crippen LogP contribution in [-0.4, -0.2) is 23.4 Å². The lowest BCUT2D eigenvalue weighted by Gasteiger charge is -2.34. The zero-order chi connectivity index (χ0) is 11.8. The van der Waals surface area contributed by atoms with Crippen LogP contribution in [0, 0.1) is 5.41 Å². The van der Waals surface area contributed by atoms with Crippen LogP contribution in [0.15, 0.2) is 18.2 Å². The molecule has 1 aliphatic rings. The third-order valence-corrected chi connectivity index (χ3v) is 2.45. The highest BCUT2D eigenvalue weighted by Crippen LogP contribution is 2.33. The van der Waals surface area contributed by atoms with Gasteiger partial charge in [0.1, 0.15) is 11.5 Å². The summed E-state index contributed by atoms with van der Waals surface area (Å²) in [7, 11) is 0. The van der Waals surface area contributed by atoms with E-state index in [-0.39, 0.29) is 16.9 Å². The molecule has 1 saturated heterocycles. The van der Waals surface area contributed by atoms with E-state index in [0.717, 1.165) is 0 Å². The maximum absolute atomic E-state index is 9.36. The van der Waals surface area contributed by atoms with Crippen LogP contribution < -0.4 is 0 Å². The second-order valence-corrected chi connectivity index (χ2v) is 4.90. The maximum atomic E-state index is 9.36. The van der Waals surface area contributed by atoms with Crippen molar-refractivity contribution in [3.8, 4) is 11.5 Å². The predicted molar refractivity (Wildman–Crippen MR) is 58.2 cm³/mol. The smallest absolute Gasteiger partial charge is 0.184 e. The van der Waals surface area contributed by atoms with Crippen LogP contribution in [0.5, 0.6) is 11.5 Å². The van der Waals surface area contributed by atoms with Crippen LogP contribution in [0.4, 0.5) is 0 Å². The summed E-state index contributed by atoms with van der Waals surface area (Å²) in [6.45, 7) is 5.30. The fourth-order valence-electron chi connectivity index (χ4n) is 1.64. The fraction of sp³-hybridized carbons (Fsp3) is 0.500. The molecule has 16 heavy (non-hydrogen) atoms. The monoisotopic (exact) mass is 224 g/mol. The lowest BCUT2D eigenvalue weighted by Crippen LogP contribution is -2.33. The molecular formula is C12H16O4. The molecule has 1 aliphatic heterocycles. The lowest BCUT2D eigenvalue weighted by atomic mass is 9.95. The molecule has 0 radical (unpaired) electrons. The van der Waals surface area contributed by atoms with Crippen molar-refractivity contribution in [3.63, 3.8) is 0 Å². The van der Waals surface area contributed by atoms with Crippen molar-refractivity contribution in [1.82, 2.24) is 0 Å². The van der Waals surface area contributed by atoms with Crippen LogP contribution >= 0.6 is 0 Å². The zero-order valence-electron chi connectivity index (χ0n) is 9.43. The van der Waals surface area contributed by atoms with Crippen molar-refractivity contribution in [3.05, 3.63) is 23.8 Å². The largest absolute Gasteiger partial charge is 0.508 e. The second kappa shape index (κ2) is 3.96. The lowest BCUT2D eigenvalue weighted by molar-refractivity contribution is -0.226. The Labute approximate surface area is 94.4 Å². The molecule has 4 heteroatoms. The number of hydrogen-bond donors (Lipinski definition) is 2. The molecule has 1 aromatic carbocycles. The second-order valence-electron chi connectivity index (χ2n) is 4.90. The average molecular weight is 224 g/mol. The Bertz CT molecular complexity index is 356. The molecule has 0 amide bonds. The van der Waals surface area contributed by atoms with E-state index in [1.54, 1.807) is 0 Å². The van der Waals surface area contributed by atoms with Crippen molar-refractivity contribution in [2.75, 3.05) is 13.2 Å². The molecule has 1 aromatic rings. The summed E-state index contributed by atoms with van der Waals surface area (Å²) in [4.78, 5) is 0. The van der Waals surface area contributed by atoms with E-state index in [1.807, 2.05) is 0 Å². The van der Waals surface area contributed by atoms with Crippen LogP contribution in [0.2, 0.25) is 0 Å². The first-order valence-electron chi connectivity index (χ1n) is 5.22. The molecule has 0 atom stereocenters. The van der Waals surface area contributed by atoms with Gasteiger partial charge in [0.15, 0.2) is 6.29 Å². The topological polar surface area (TPSA) is 58.9 Å². The summed E-state index contributed by atoms with van der Waals surface area (Å²) in [5, 5.41) is 18.7. The molecule has 88 valence electrons. The zero-order valence-corrected chi connectivity index (χ0v) is 9.43. The highest BCUT2D eigenvalue weighted by atomic mass is 16.7. The van der Waals surface area contributed by atoms with Gasteiger partial charge in [-0.05, 0) is 12.1 Å². The van der Waals surface area contributed by atoms with Gasteiger partial charge in [0.25, 0.3) is 0 Å². The molecule has 4 nitrogen and oxygen atoms in total. The summed E-state index contributed by atoms with van der Waals surface area (Å²) < 4.78 is 11.1. The first-order valence-corrected chi connectivity index (χ1v) is 5.22. The molecule has 2 N–H and O–H groups in total. The van der Waals surface area contributed by atoms with Gasteiger partial charge in [0, 0.05) is 17.0 Å². The molecule has 0 unspecified atom stereocenters. The minimum absolute atomic E-state index is 0.00651. The quantitative estimate of drug-likeness (QED) is 0.767. The Morgan fingerprint density at radius 1 is 1.06 bits per heavy atom. The van der Waals surface area contributed by atoms with Crippen molar-refractivity contribution in [2.24, 2.45) is 5.41 Å². The summed E-state index contributed by atoms with van der Waals surface area (Å²) in [6.07, 6.45) is -0.508. The van der Waals surface area contributed by atoms with Crippen LogP contribution in [0.1, 0.15) is 25.7 Å². The average Bonchev–Trinajstić information content (AvgIpc) is 2.15. The van der Waals surface area contributed by atoms with Crippen LogP contribution in [-0.2, 0) is 9.47 Å². The number of phenolic OH excluding ortho intramolecular Hbond substituents is 2. The first kappa shape index (κ1) is 11.2. The van der Waals surface area contributed by atoms with E-state index in [9.17, 15) is 10.2 Å². The number of ether oxygens (including phenoxy) is 2. The fourth-order valence-corrected chi connectivity index (χ4v) is 1.64. The highest BCUT2D eigenvalue weighted by Gasteiger charge is 2.29. The van der Waals surface area contributed by atoms with Gasteiger partial charge in [-0.2, -0.15) is 0 Å². The van der Waals surface area contributed by atoms with Crippen LogP contribution in [0.25, 0.3) is 0 Å². The number of aromatic hydroxyl groups is 2. The third kappa shape index (κ3) is 2.46. The summed E-state index contributed by atoms with van der Waals surface area (Å²) in [5.74, 6) is 0.0130. The summed E-state index contributed by atoms with van der Waals surface area (Å²) in [6, 6.07) is 4.33. The number of hydrogen-bond acceptors (Lipinski definition) is 4.